The third-order valence-corrected chi connectivity index (χ3v) is 19.3. The van der Waals surface area contributed by atoms with E-state index in [1.54, 1.807) is 84.3 Å². The van der Waals surface area contributed by atoms with Gasteiger partial charge in [0.15, 0.2) is 12.6 Å². The summed E-state index contributed by atoms with van der Waals surface area (Å²) in [5.41, 5.74) is 19.6. The molecule has 0 bridgehead atoms. The van der Waals surface area contributed by atoms with Crippen LogP contribution in [0.15, 0.2) is 182 Å². The largest absolute Gasteiger partial charge is 0.497 e. The van der Waals surface area contributed by atoms with E-state index < -0.39 is 15.8 Å². The van der Waals surface area contributed by atoms with Crippen molar-refractivity contribution in [3.63, 3.8) is 0 Å². The number of ether oxygens (including phenoxy) is 7. The molecule has 0 aliphatic heterocycles. The summed E-state index contributed by atoms with van der Waals surface area (Å²) in [4.78, 5) is 70.6. The van der Waals surface area contributed by atoms with Gasteiger partial charge in [0.1, 0.15) is 45.8 Å². The molecule has 119 heavy (non-hydrogen) atoms. The number of nitrogens with zero attached hydrogens (tertiary/aromatic N) is 6. The van der Waals surface area contributed by atoms with Gasteiger partial charge < -0.3 is 63.1 Å². The lowest BCUT2D eigenvalue weighted by molar-refractivity contribution is -0.385. The Labute approximate surface area is 708 Å². The number of benzene rings is 7. The fourth-order valence-corrected chi connectivity index (χ4v) is 13.1. The van der Waals surface area contributed by atoms with Crippen molar-refractivity contribution in [2.24, 2.45) is 11.8 Å². The molecule has 0 radical (unpaired) electrons. The Morgan fingerprint density at radius 1 is 0.487 bits per heavy atom. The normalized spacial score (nSPS) is 10.5. The van der Waals surface area contributed by atoms with Gasteiger partial charge in [0.25, 0.3) is 11.4 Å². The van der Waals surface area contributed by atoms with E-state index in [2.05, 4.69) is 102 Å². The van der Waals surface area contributed by atoms with E-state index in [1.165, 1.54) is 37.4 Å². The van der Waals surface area contributed by atoms with E-state index in [9.17, 15) is 39.7 Å². The van der Waals surface area contributed by atoms with Crippen LogP contribution in [0.25, 0.3) is 43.6 Å². The second-order valence-electron chi connectivity index (χ2n) is 28.9. The minimum absolute atomic E-state index is 0.0208. The van der Waals surface area contributed by atoms with Gasteiger partial charge >= 0.3 is 5.97 Å². The molecule has 0 saturated carbocycles. The predicted octanol–water partition coefficient (Wildman–Crippen LogP) is 21.5. The first-order chi connectivity index (χ1) is 56.9. The van der Waals surface area contributed by atoms with E-state index in [0.29, 0.717) is 68.5 Å². The summed E-state index contributed by atoms with van der Waals surface area (Å²) in [7, 11) is 11.1. The molecule has 6 aromatic heterocycles. The van der Waals surface area contributed by atoms with Crippen LogP contribution >= 0.6 is 22.6 Å². The van der Waals surface area contributed by atoms with Crippen LogP contribution in [-0.2, 0) is 13.1 Å². The lowest BCUT2D eigenvalue weighted by Crippen LogP contribution is -2.10. The summed E-state index contributed by atoms with van der Waals surface area (Å²) in [5.74, 6) is 17.5. The molecule has 0 fully saturated rings. The fraction of sp³-hybridized carbons (Fsp3) is 0.287. The van der Waals surface area contributed by atoms with Crippen molar-refractivity contribution in [2.75, 3.05) is 55.5 Å². The van der Waals surface area contributed by atoms with Crippen molar-refractivity contribution in [3.05, 3.63) is 268 Å². The first kappa shape index (κ1) is 93.0. The number of aromatic amines is 2. The van der Waals surface area contributed by atoms with Gasteiger partial charge in [0, 0.05) is 116 Å². The smallest absolute Gasteiger partial charge is 0.338 e. The maximum Gasteiger partial charge on any atom is 0.338 e. The predicted molar refractivity (Wildman–Crippen MR) is 480 cm³/mol. The second kappa shape index (κ2) is 44.8. The number of carboxylic acid groups (broad SMARTS) is 1. The lowest BCUT2D eigenvalue weighted by atomic mass is 10.0. The van der Waals surface area contributed by atoms with Gasteiger partial charge in [-0.25, -0.2) is 4.79 Å². The summed E-state index contributed by atoms with van der Waals surface area (Å²) in [6, 6.07) is 51.8. The minimum atomic E-state index is -0.909. The number of carbonyl (C=O) groups excluding carboxylic acids is 2. The number of hydrogen-bond donors (Lipinski definition) is 4. The van der Waals surface area contributed by atoms with Crippen LogP contribution in [0, 0.1) is 59.3 Å². The Morgan fingerprint density at radius 2 is 0.916 bits per heavy atom. The van der Waals surface area contributed by atoms with E-state index in [0.717, 1.165) is 119 Å². The zero-order chi connectivity index (χ0) is 87.3. The Hall–Kier alpha value is -13.1. The number of aromatic carboxylic acids is 1. The molecule has 0 spiro atoms. The molecule has 25 heteroatoms. The Balaban J connectivity index is 0.000000194. The van der Waals surface area contributed by atoms with Gasteiger partial charge in [-0.1, -0.05) is 119 Å². The number of aldehydes is 2. The molecule has 7 aromatic carbocycles. The lowest BCUT2D eigenvalue weighted by Gasteiger charge is -2.14. The van der Waals surface area contributed by atoms with E-state index in [-0.39, 0.29) is 29.1 Å². The van der Waals surface area contributed by atoms with Gasteiger partial charge in [-0.2, -0.15) is 0 Å². The molecule has 13 aromatic rings. The monoisotopic (exact) mass is 1730 g/mol. The highest BCUT2D eigenvalue weighted by atomic mass is 127. The fourth-order valence-electron chi connectivity index (χ4n) is 12.6. The van der Waals surface area contributed by atoms with Gasteiger partial charge in [-0.15, -0.1) is 0 Å². The van der Waals surface area contributed by atoms with Crippen molar-refractivity contribution in [1.82, 2.24) is 29.1 Å². The van der Waals surface area contributed by atoms with Crippen molar-refractivity contribution in [3.8, 4) is 63.9 Å². The Morgan fingerprint density at radius 3 is 1.37 bits per heavy atom. The number of hydrogen-bond acceptors (Lipinski definition) is 17. The molecule has 5 N–H and O–H groups in total. The highest BCUT2D eigenvalue weighted by molar-refractivity contribution is 14.1. The van der Waals surface area contributed by atoms with E-state index in [4.69, 9.17) is 38.9 Å². The first-order valence-corrected chi connectivity index (χ1v) is 39.4. The highest BCUT2D eigenvalue weighted by Crippen LogP contribution is 2.37. The maximum absolute atomic E-state index is 11.9. The zero-order valence-electron chi connectivity index (χ0n) is 70.7. The van der Waals surface area contributed by atoms with Crippen molar-refractivity contribution in [2.45, 2.75) is 120 Å². The number of aromatic nitrogens is 6. The van der Waals surface area contributed by atoms with Crippen LogP contribution in [0.4, 0.5) is 17.1 Å². The number of nitrogens with one attached hydrogen (secondary N) is 2. The number of methoxy groups -OCH3 is 7. The number of halogens is 1. The van der Waals surface area contributed by atoms with Crippen molar-refractivity contribution >= 4 is 102 Å². The number of H-pyrrole nitrogens is 2. The van der Waals surface area contributed by atoms with Crippen LogP contribution in [0.5, 0.6) is 40.2 Å². The molecular weight excluding hydrogens is 1620 g/mol. The standard InChI is InChI=1S/C19H20N2O3.C19H20N2O2.C13H15NO2.C12H13NO3.2C12H15NO.C7H6INO3/c1-12(2)18-17(19(22)23)15-8-7-14(24-3)10-16(15)21(18)11-13-6-4-5-9-20-13;1-13(2)19-17(12-22)16-8-7-15(23-3)10-18(16)21(19)11-14-6-4-5-9-20-14;1-8(2)13-11(7-15)10-5-4-9(16-3)6-12(10)14-13;1-9(2)4-5-10-6-7-11(16-3)8-12(10)13(14)15;1-8(2)11-6-9-4-5-10(14-3)7-12(9)13-11;1-9(2)4-5-10-6-7-11(14-3)8-12(10)13;1-12-5-2-3-6(8)7(4-5)9(10)11/h4-10,12H,11H2,1-3H3,(H,22,23);4-10,12-13H,11H2,1-3H3;4-8,14H,1-3H3;6-9H,1-3H3;4-8,13H,1-3H3;6-9H,13H2,1-3H3;2-4H,1H3. The molecule has 24 nitrogen and oxygen atoms in total. The highest BCUT2D eigenvalue weighted by Gasteiger charge is 2.26. The van der Waals surface area contributed by atoms with Gasteiger partial charge in [-0.3, -0.25) is 39.8 Å². The van der Waals surface area contributed by atoms with Crippen LogP contribution in [0.3, 0.4) is 0 Å². The molecule has 0 aliphatic carbocycles. The molecule has 0 saturated heterocycles. The number of carboxylic acids is 1. The quantitative estimate of drug-likeness (QED) is 0.0138. The average molecular weight is 1730 g/mol. The number of carbonyl (C=O) groups is 3. The number of fused-ring (bicyclic) bond motifs is 4. The van der Waals surface area contributed by atoms with Gasteiger partial charge in [0.2, 0.25) is 0 Å². The Kier molecular flexibility index (Phi) is 35.0. The topological polar surface area (TPSA) is 316 Å². The van der Waals surface area contributed by atoms with Crippen LogP contribution < -0.4 is 38.9 Å². The van der Waals surface area contributed by atoms with Crippen molar-refractivity contribution < 1.29 is 62.5 Å². The summed E-state index contributed by atoms with van der Waals surface area (Å²) < 4.78 is 40.7. The number of anilines is 1. The molecule has 0 amide bonds. The number of nitrogen functional groups attached to an aromatic ring is 1. The molecule has 6 heterocycles. The molecular formula is C94H104IN9O15. The number of nitro benzene ring substituents is 2. The third kappa shape index (κ3) is 25.2. The Bertz CT molecular complexity index is 5760. The summed E-state index contributed by atoms with van der Waals surface area (Å²) in [6.07, 6.45) is 5.41. The van der Waals surface area contributed by atoms with Crippen molar-refractivity contribution in [1.29, 1.82) is 0 Å². The van der Waals surface area contributed by atoms with Gasteiger partial charge in [-0.05, 0) is 167 Å². The summed E-state index contributed by atoms with van der Waals surface area (Å²) >= 11 is 1.91. The SMILES string of the molecule is COc1ccc(C#CC(C)C)c(N)c1.COc1ccc(C#CC(C)C)c([N+](=O)[O-])c1.COc1ccc(I)c([N+](=O)[O-])c1.COc1ccc2c(C(=O)O)c(C(C)C)n(Cc3ccccn3)c2c1.COc1ccc2c(C=O)c(C(C)C)[nH]c2c1.COc1ccc2c(C=O)c(C(C)C)n(Cc3ccccn3)c2c1.COc1ccc2cc(C(C)C)[nH]c2c1. The second-order valence-corrected chi connectivity index (χ2v) is 30.0. The molecule has 0 atom stereocenters. The number of nitrogens with two attached hydrogens (primary N) is 1. The number of pyridine rings is 2. The number of nitro groups is 2. The minimum Gasteiger partial charge on any atom is -0.497 e. The maximum atomic E-state index is 11.9. The van der Waals surface area contributed by atoms with Crippen LogP contribution in [0.1, 0.15) is 183 Å². The first-order valence-electron chi connectivity index (χ1n) is 38.3. The van der Waals surface area contributed by atoms with Crippen LogP contribution in [-0.4, -0.2) is 112 Å². The van der Waals surface area contributed by atoms with Gasteiger partial charge in [0.05, 0.1) is 128 Å². The van der Waals surface area contributed by atoms with E-state index >= 15 is 0 Å². The third-order valence-electron chi connectivity index (χ3n) is 18.4. The van der Waals surface area contributed by atoms with E-state index in [1.807, 2.05) is 178 Å². The summed E-state index contributed by atoms with van der Waals surface area (Å²) in [5, 5.41) is 34.9. The zero-order valence-corrected chi connectivity index (χ0v) is 72.8. The number of rotatable bonds is 20. The average Bonchev–Trinajstić information content (AvgIpc) is 1.61. The summed E-state index contributed by atoms with van der Waals surface area (Å²) in [6.45, 7) is 25.8. The molecule has 0 aliphatic rings. The van der Waals surface area contributed by atoms with Crippen LogP contribution in [0.2, 0.25) is 0 Å². The molecule has 0 unspecified atom stereocenters. The molecule has 13 rings (SSSR count). The molecule has 622 valence electrons.